The lowest BCUT2D eigenvalue weighted by Gasteiger charge is -2.00. The molecule has 6 heteroatoms. The Morgan fingerprint density at radius 2 is 1.75 bits per heavy atom. The van der Waals surface area contributed by atoms with Crippen molar-refractivity contribution in [3.05, 3.63) is 11.4 Å². The zero-order valence-corrected chi connectivity index (χ0v) is 9.72. The number of carbonyl (C=O) groups is 1. The van der Waals surface area contributed by atoms with Gasteiger partial charge in [-0.15, -0.1) is 0 Å². The third-order valence-corrected chi connectivity index (χ3v) is 2.60. The maximum atomic E-state index is 11.0. The zero-order valence-electron chi connectivity index (χ0n) is 9.72. The standard InChI is InChI=1S/C10H14N4O2/c1-5(2)6-8-9(14(4)11-6)7(10(15)16)12-13(8)3/h5H,1-4H3,(H,15,16). The van der Waals surface area contributed by atoms with E-state index >= 15 is 0 Å². The van der Waals surface area contributed by atoms with E-state index in [0.29, 0.717) is 5.52 Å². The number of carboxylic acids is 1. The van der Waals surface area contributed by atoms with Crippen molar-refractivity contribution in [2.75, 3.05) is 0 Å². The van der Waals surface area contributed by atoms with Crippen molar-refractivity contribution in [3.8, 4) is 0 Å². The van der Waals surface area contributed by atoms with E-state index in [-0.39, 0.29) is 11.6 Å². The van der Waals surface area contributed by atoms with Crippen LogP contribution in [0.25, 0.3) is 11.0 Å². The van der Waals surface area contributed by atoms with E-state index in [4.69, 9.17) is 5.11 Å². The second-order valence-corrected chi connectivity index (χ2v) is 4.14. The van der Waals surface area contributed by atoms with E-state index in [9.17, 15) is 4.79 Å². The van der Waals surface area contributed by atoms with Gasteiger partial charge in [0.15, 0.2) is 5.69 Å². The molecule has 1 N–H and O–H groups in total. The van der Waals surface area contributed by atoms with Crippen LogP contribution >= 0.6 is 0 Å². The molecule has 0 radical (unpaired) electrons. The summed E-state index contributed by atoms with van der Waals surface area (Å²) in [5.41, 5.74) is 2.31. The Morgan fingerprint density at radius 1 is 1.19 bits per heavy atom. The summed E-state index contributed by atoms with van der Waals surface area (Å²) in [7, 11) is 3.48. The van der Waals surface area contributed by atoms with Crippen LogP contribution in [0.4, 0.5) is 0 Å². The van der Waals surface area contributed by atoms with E-state index in [2.05, 4.69) is 10.2 Å². The number of aromatic nitrogens is 4. The Balaban J connectivity index is 2.87. The highest BCUT2D eigenvalue weighted by Crippen LogP contribution is 2.26. The molecule has 2 aromatic rings. The maximum Gasteiger partial charge on any atom is 0.358 e. The smallest absolute Gasteiger partial charge is 0.358 e. The molecular formula is C10H14N4O2. The van der Waals surface area contributed by atoms with Crippen LogP contribution in [-0.4, -0.2) is 30.6 Å². The first-order chi connectivity index (χ1) is 7.43. The van der Waals surface area contributed by atoms with Gasteiger partial charge in [0, 0.05) is 14.1 Å². The van der Waals surface area contributed by atoms with Gasteiger partial charge in [0.2, 0.25) is 0 Å². The van der Waals surface area contributed by atoms with Crippen molar-refractivity contribution < 1.29 is 9.90 Å². The summed E-state index contributed by atoms with van der Waals surface area (Å²) in [5, 5.41) is 17.4. The molecule has 0 aliphatic heterocycles. The van der Waals surface area contributed by atoms with Crippen molar-refractivity contribution in [1.29, 1.82) is 0 Å². The number of rotatable bonds is 2. The Kier molecular flexibility index (Phi) is 2.22. The average molecular weight is 222 g/mol. The lowest BCUT2D eigenvalue weighted by atomic mass is 10.1. The Hall–Kier alpha value is -1.85. The number of carboxylic acid groups (broad SMARTS) is 1. The molecule has 0 atom stereocenters. The molecular weight excluding hydrogens is 208 g/mol. The lowest BCUT2D eigenvalue weighted by Crippen LogP contribution is -2.04. The summed E-state index contributed by atoms with van der Waals surface area (Å²) < 4.78 is 3.17. The van der Waals surface area contributed by atoms with Gasteiger partial charge in [-0.3, -0.25) is 9.36 Å². The van der Waals surface area contributed by atoms with Gasteiger partial charge in [0.05, 0.1) is 5.69 Å². The van der Waals surface area contributed by atoms with Gasteiger partial charge in [-0.05, 0) is 5.92 Å². The number of hydrogen-bond acceptors (Lipinski definition) is 3. The highest BCUT2D eigenvalue weighted by atomic mass is 16.4. The summed E-state index contributed by atoms with van der Waals surface area (Å²) in [5.74, 6) is -0.787. The van der Waals surface area contributed by atoms with Crippen molar-refractivity contribution in [2.24, 2.45) is 14.1 Å². The predicted octanol–water partition coefficient (Wildman–Crippen LogP) is 1.13. The monoisotopic (exact) mass is 222 g/mol. The molecule has 0 aromatic carbocycles. The normalized spacial score (nSPS) is 11.6. The van der Waals surface area contributed by atoms with Crippen LogP contribution in [0.2, 0.25) is 0 Å². The van der Waals surface area contributed by atoms with Gasteiger partial charge in [-0.25, -0.2) is 4.79 Å². The summed E-state index contributed by atoms with van der Waals surface area (Å²) in [6.07, 6.45) is 0. The Morgan fingerprint density at radius 3 is 2.25 bits per heavy atom. The molecule has 0 aliphatic carbocycles. The quantitative estimate of drug-likeness (QED) is 0.826. The van der Waals surface area contributed by atoms with Crippen LogP contribution < -0.4 is 0 Å². The minimum atomic E-state index is -1.02. The molecule has 16 heavy (non-hydrogen) atoms. The second-order valence-electron chi connectivity index (χ2n) is 4.14. The van der Waals surface area contributed by atoms with Crippen molar-refractivity contribution in [2.45, 2.75) is 19.8 Å². The van der Waals surface area contributed by atoms with Crippen LogP contribution in [0.5, 0.6) is 0 Å². The van der Waals surface area contributed by atoms with Gasteiger partial charge in [0.25, 0.3) is 0 Å². The van der Waals surface area contributed by atoms with Crippen molar-refractivity contribution in [1.82, 2.24) is 19.6 Å². The molecule has 0 saturated carbocycles. The third-order valence-electron chi connectivity index (χ3n) is 2.60. The summed E-state index contributed by atoms with van der Waals surface area (Å²) in [6.45, 7) is 4.05. The average Bonchev–Trinajstić information content (AvgIpc) is 2.67. The highest BCUT2D eigenvalue weighted by molar-refractivity contribution is 6.00. The lowest BCUT2D eigenvalue weighted by molar-refractivity contribution is 0.0691. The first-order valence-electron chi connectivity index (χ1n) is 5.06. The molecule has 86 valence electrons. The van der Waals surface area contributed by atoms with Crippen molar-refractivity contribution >= 4 is 17.0 Å². The molecule has 0 fully saturated rings. The summed E-state index contributed by atoms with van der Waals surface area (Å²) in [6, 6.07) is 0. The summed E-state index contributed by atoms with van der Waals surface area (Å²) >= 11 is 0. The molecule has 0 unspecified atom stereocenters. The van der Waals surface area contributed by atoms with Gasteiger partial charge in [0.1, 0.15) is 11.0 Å². The van der Waals surface area contributed by atoms with Crippen LogP contribution in [0.3, 0.4) is 0 Å². The molecule has 0 amide bonds. The fraction of sp³-hybridized carbons (Fsp3) is 0.500. The zero-order chi connectivity index (χ0) is 12.0. The molecule has 2 rings (SSSR count). The van der Waals surface area contributed by atoms with Gasteiger partial charge >= 0.3 is 5.97 Å². The number of fused-ring (bicyclic) bond motifs is 1. The first-order valence-corrected chi connectivity index (χ1v) is 5.06. The first kappa shape index (κ1) is 10.7. The maximum absolute atomic E-state index is 11.0. The topological polar surface area (TPSA) is 72.9 Å². The molecule has 0 spiro atoms. The van der Waals surface area contributed by atoms with E-state index in [1.807, 2.05) is 13.8 Å². The fourth-order valence-corrected chi connectivity index (χ4v) is 1.90. The number of aryl methyl sites for hydroxylation is 2. The number of nitrogens with zero attached hydrogens (tertiary/aromatic N) is 4. The molecule has 2 heterocycles. The minimum Gasteiger partial charge on any atom is -0.476 e. The van der Waals surface area contributed by atoms with Crippen LogP contribution in [0, 0.1) is 0 Å². The van der Waals surface area contributed by atoms with Gasteiger partial charge < -0.3 is 5.11 Å². The molecule has 0 bridgehead atoms. The fourth-order valence-electron chi connectivity index (χ4n) is 1.90. The van der Waals surface area contributed by atoms with E-state index < -0.39 is 5.97 Å². The number of aromatic carboxylic acids is 1. The molecule has 0 aliphatic rings. The van der Waals surface area contributed by atoms with E-state index in [1.54, 1.807) is 23.5 Å². The second kappa shape index (κ2) is 3.33. The Labute approximate surface area is 92.5 Å². The van der Waals surface area contributed by atoms with Crippen molar-refractivity contribution in [3.63, 3.8) is 0 Å². The van der Waals surface area contributed by atoms with Crippen LogP contribution in [-0.2, 0) is 14.1 Å². The van der Waals surface area contributed by atoms with Crippen LogP contribution in [0.1, 0.15) is 35.9 Å². The molecule has 0 saturated heterocycles. The largest absolute Gasteiger partial charge is 0.476 e. The third kappa shape index (κ3) is 1.30. The SMILES string of the molecule is CC(C)c1nn(C)c2c(C(=O)O)nn(C)c12. The van der Waals surface area contributed by atoms with Crippen LogP contribution in [0.15, 0.2) is 0 Å². The van der Waals surface area contributed by atoms with E-state index in [1.165, 1.54) is 0 Å². The predicted molar refractivity (Wildman–Crippen MR) is 58.5 cm³/mol. The summed E-state index contributed by atoms with van der Waals surface area (Å²) in [4.78, 5) is 11.0. The van der Waals surface area contributed by atoms with Gasteiger partial charge in [-0.2, -0.15) is 10.2 Å². The van der Waals surface area contributed by atoms with E-state index in [0.717, 1.165) is 11.2 Å². The number of hydrogen-bond donors (Lipinski definition) is 1. The molecule has 6 nitrogen and oxygen atoms in total. The Bertz CT molecular complexity index is 565. The van der Waals surface area contributed by atoms with Gasteiger partial charge in [-0.1, -0.05) is 13.8 Å². The minimum absolute atomic E-state index is 0.0550. The molecule has 2 aromatic heterocycles. The highest BCUT2D eigenvalue weighted by Gasteiger charge is 2.23.